The van der Waals surface area contributed by atoms with Crippen LogP contribution in [0.25, 0.3) is 0 Å². The molecule has 1 atom stereocenters. The molecule has 1 heterocycles. The largest absolute Gasteiger partial charge is 0.321 e. The van der Waals surface area contributed by atoms with Crippen molar-refractivity contribution >= 4 is 34.8 Å². The summed E-state index contributed by atoms with van der Waals surface area (Å²) in [4.78, 5) is 0. The summed E-state index contributed by atoms with van der Waals surface area (Å²) in [5.74, 6) is -0.556. The molecule has 3 nitrogen and oxygen atoms in total. The van der Waals surface area contributed by atoms with Crippen LogP contribution in [0.1, 0.15) is 23.9 Å². The van der Waals surface area contributed by atoms with Gasteiger partial charge in [-0.1, -0.05) is 34.8 Å². The molecule has 0 fully saturated rings. The Bertz CT molecular complexity index is 695. The molecule has 0 spiro atoms. The van der Waals surface area contributed by atoms with E-state index in [0.29, 0.717) is 22.0 Å². The predicted molar refractivity (Wildman–Crippen MR) is 84.6 cm³/mol. The van der Waals surface area contributed by atoms with Crippen LogP contribution in [-0.2, 0) is 19.0 Å². The van der Waals surface area contributed by atoms with Crippen LogP contribution in [-0.4, -0.2) is 9.78 Å². The lowest BCUT2D eigenvalue weighted by Crippen LogP contribution is -2.36. The highest BCUT2D eigenvalue weighted by atomic mass is 35.5. The smallest absolute Gasteiger partial charge is 0.142 e. The van der Waals surface area contributed by atoms with Gasteiger partial charge in [-0.2, -0.15) is 5.10 Å². The Kier molecular flexibility index (Phi) is 4.54. The van der Waals surface area contributed by atoms with Gasteiger partial charge in [-0.05, 0) is 31.5 Å². The third-order valence-electron chi connectivity index (χ3n) is 3.42. The lowest BCUT2D eigenvalue weighted by Gasteiger charge is -2.27. The van der Waals surface area contributed by atoms with E-state index in [1.54, 1.807) is 18.7 Å². The standard InChI is InChI=1S/C14H15Cl3FN3/c1-7-13(17)12(21(3)20-7)6-14(2,19)8-4-11(18)10(16)5-9(8)15/h4-5H,6,19H2,1-3H3. The van der Waals surface area contributed by atoms with Crippen LogP contribution in [0.4, 0.5) is 4.39 Å². The summed E-state index contributed by atoms with van der Waals surface area (Å²) in [7, 11) is 1.79. The zero-order chi connectivity index (χ0) is 15.9. The first kappa shape index (κ1) is 16.6. The number of aromatic nitrogens is 2. The highest BCUT2D eigenvalue weighted by Crippen LogP contribution is 2.34. The highest BCUT2D eigenvalue weighted by molar-refractivity contribution is 6.35. The molecule has 114 valence electrons. The number of rotatable bonds is 3. The molecule has 0 saturated heterocycles. The first-order chi connectivity index (χ1) is 9.63. The van der Waals surface area contributed by atoms with E-state index in [2.05, 4.69) is 5.10 Å². The molecule has 2 rings (SSSR count). The molecule has 0 aliphatic rings. The van der Waals surface area contributed by atoms with E-state index < -0.39 is 11.4 Å². The molecule has 0 radical (unpaired) electrons. The maximum atomic E-state index is 13.7. The maximum absolute atomic E-state index is 13.7. The summed E-state index contributed by atoms with van der Waals surface area (Å²) in [6, 6.07) is 2.62. The Morgan fingerprint density at radius 3 is 2.43 bits per heavy atom. The highest BCUT2D eigenvalue weighted by Gasteiger charge is 2.29. The van der Waals surface area contributed by atoms with Crippen LogP contribution in [0.3, 0.4) is 0 Å². The molecule has 0 amide bonds. The molecule has 2 aromatic rings. The Morgan fingerprint density at radius 1 is 1.29 bits per heavy atom. The Morgan fingerprint density at radius 2 is 1.90 bits per heavy atom. The number of nitrogens with zero attached hydrogens (tertiary/aromatic N) is 2. The van der Waals surface area contributed by atoms with Crippen LogP contribution in [0.5, 0.6) is 0 Å². The summed E-state index contributed by atoms with van der Waals surface area (Å²) >= 11 is 18.1. The van der Waals surface area contributed by atoms with E-state index in [-0.39, 0.29) is 5.02 Å². The number of aryl methyl sites for hydroxylation is 2. The lowest BCUT2D eigenvalue weighted by atomic mass is 9.88. The van der Waals surface area contributed by atoms with Crippen LogP contribution >= 0.6 is 34.8 Å². The van der Waals surface area contributed by atoms with Crippen molar-refractivity contribution in [2.75, 3.05) is 0 Å². The molecule has 2 N–H and O–H groups in total. The van der Waals surface area contributed by atoms with Crippen molar-refractivity contribution in [1.29, 1.82) is 0 Å². The molecule has 0 aliphatic heterocycles. The molecular formula is C14H15Cl3FN3. The molecule has 0 bridgehead atoms. The lowest BCUT2D eigenvalue weighted by molar-refractivity contribution is 0.468. The van der Waals surface area contributed by atoms with E-state index in [1.165, 1.54) is 12.1 Å². The van der Waals surface area contributed by atoms with Gasteiger partial charge in [0, 0.05) is 24.0 Å². The number of nitrogens with two attached hydrogens (primary N) is 1. The Labute approximate surface area is 137 Å². The van der Waals surface area contributed by atoms with Gasteiger partial charge in [-0.25, -0.2) is 4.39 Å². The second kappa shape index (κ2) is 5.76. The van der Waals surface area contributed by atoms with Gasteiger partial charge in [0.15, 0.2) is 0 Å². The SMILES string of the molecule is Cc1nn(C)c(CC(C)(N)c2cc(F)c(Cl)cc2Cl)c1Cl. The normalized spacial score (nSPS) is 14.3. The molecule has 0 saturated carbocycles. The minimum absolute atomic E-state index is 0.0334. The van der Waals surface area contributed by atoms with Crippen molar-refractivity contribution in [3.8, 4) is 0 Å². The van der Waals surface area contributed by atoms with Crippen molar-refractivity contribution in [2.24, 2.45) is 12.8 Å². The Balaban J connectivity index is 2.45. The number of hydrogen-bond donors (Lipinski definition) is 1. The van der Waals surface area contributed by atoms with Gasteiger partial charge in [-0.15, -0.1) is 0 Å². The molecular weight excluding hydrogens is 336 g/mol. The van der Waals surface area contributed by atoms with Crippen molar-refractivity contribution in [2.45, 2.75) is 25.8 Å². The second-order valence-corrected chi connectivity index (χ2v) is 6.50. The van der Waals surface area contributed by atoms with Crippen LogP contribution < -0.4 is 5.73 Å². The monoisotopic (exact) mass is 349 g/mol. The number of halogens is 4. The van der Waals surface area contributed by atoms with Gasteiger partial charge in [0.25, 0.3) is 0 Å². The first-order valence-corrected chi connectivity index (χ1v) is 7.38. The van der Waals surface area contributed by atoms with E-state index in [0.717, 1.165) is 11.4 Å². The summed E-state index contributed by atoms with van der Waals surface area (Å²) in [6.45, 7) is 3.58. The fourth-order valence-corrected chi connectivity index (χ4v) is 3.10. The molecule has 0 aliphatic carbocycles. The van der Waals surface area contributed by atoms with Crippen molar-refractivity contribution in [3.63, 3.8) is 0 Å². The quantitative estimate of drug-likeness (QED) is 0.841. The summed E-state index contributed by atoms with van der Waals surface area (Å²) in [6.07, 6.45) is 0.365. The average Bonchev–Trinajstić information content (AvgIpc) is 2.60. The third-order valence-corrected chi connectivity index (χ3v) is 4.52. The van der Waals surface area contributed by atoms with E-state index in [4.69, 9.17) is 40.5 Å². The number of benzene rings is 1. The van der Waals surface area contributed by atoms with Crippen LogP contribution in [0, 0.1) is 12.7 Å². The molecule has 7 heteroatoms. The van der Waals surface area contributed by atoms with Crippen LogP contribution in [0.15, 0.2) is 12.1 Å². The fourth-order valence-electron chi connectivity index (χ4n) is 2.28. The van der Waals surface area contributed by atoms with Gasteiger partial charge in [0.1, 0.15) is 5.82 Å². The molecule has 1 unspecified atom stereocenters. The summed E-state index contributed by atoms with van der Waals surface area (Å²) in [5.41, 5.74) is 7.40. The average molecular weight is 351 g/mol. The molecule has 21 heavy (non-hydrogen) atoms. The van der Waals surface area contributed by atoms with Gasteiger partial charge in [-0.3, -0.25) is 4.68 Å². The van der Waals surface area contributed by atoms with Gasteiger partial charge >= 0.3 is 0 Å². The zero-order valence-electron chi connectivity index (χ0n) is 11.8. The number of hydrogen-bond acceptors (Lipinski definition) is 2. The third kappa shape index (κ3) is 3.19. The minimum atomic E-state index is -0.910. The maximum Gasteiger partial charge on any atom is 0.142 e. The fraction of sp³-hybridized carbons (Fsp3) is 0.357. The summed E-state index contributed by atoms with van der Waals surface area (Å²) in [5, 5.41) is 5.09. The second-order valence-electron chi connectivity index (χ2n) is 5.31. The molecule has 1 aromatic heterocycles. The Hall–Kier alpha value is -0.810. The van der Waals surface area contributed by atoms with Gasteiger partial charge < -0.3 is 5.73 Å². The van der Waals surface area contributed by atoms with Gasteiger partial charge in [0.2, 0.25) is 0 Å². The van der Waals surface area contributed by atoms with E-state index in [1.807, 2.05) is 6.92 Å². The van der Waals surface area contributed by atoms with Crippen molar-refractivity contribution < 1.29 is 4.39 Å². The van der Waals surface area contributed by atoms with E-state index >= 15 is 0 Å². The van der Waals surface area contributed by atoms with Gasteiger partial charge in [0.05, 0.1) is 21.4 Å². The van der Waals surface area contributed by atoms with Crippen LogP contribution in [0.2, 0.25) is 15.1 Å². The first-order valence-electron chi connectivity index (χ1n) is 6.25. The zero-order valence-corrected chi connectivity index (χ0v) is 14.1. The summed E-state index contributed by atoms with van der Waals surface area (Å²) < 4.78 is 15.4. The molecule has 1 aromatic carbocycles. The predicted octanol–water partition coefficient (Wildman–Crippen LogP) is 4.24. The van der Waals surface area contributed by atoms with Crippen molar-refractivity contribution in [1.82, 2.24) is 9.78 Å². The topological polar surface area (TPSA) is 43.8 Å². The minimum Gasteiger partial charge on any atom is -0.321 e. The van der Waals surface area contributed by atoms with Crippen molar-refractivity contribution in [3.05, 3.63) is 50.0 Å². The van der Waals surface area contributed by atoms with E-state index in [9.17, 15) is 4.39 Å².